The van der Waals surface area contributed by atoms with E-state index in [4.69, 9.17) is 0 Å². The Morgan fingerprint density at radius 1 is 1.41 bits per heavy atom. The van der Waals surface area contributed by atoms with Gasteiger partial charge in [-0.25, -0.2) is 0 Å². The van der Waals surface area contributed by atoms with Crippen LogP contribution in [-0.4, -0.2) is 33.4 Å². The molecule has 120 valence electrons. The molecule has 0 aliphatic carbocycles. The van der Waals surface area contributed by atoms with E-state index in [1.165, 1.54) is 6.92 Å². The van der Waals surface area contributed by atoms with Crippen molar-refractivity contribution in [3.05, 3.63) is 29.8 Å². The van der Waals surface area contributed by atoms with Crippen LogP contribution in [0.4, 0.5) is 18.9 Å². The average Bonchev–Trinajstić information content (AvgIpc) is 2.65. The van der Waals surface area contributed by atoms with E-state index >= 15 is 0 Å². The van der Waals surface area contributed by atoms with Crippen LogP contribution in [0.1, 0.15) is 25.8 Å². The monoisotopic (exact) mass is 314 g/mol. The minimum absolute atomic E-state index is 0.0541. The lowest BCUT2D eigenvalue weighted by atomic mass is 9.80. The lowest BCUT2D eigenvalue weighted by molar-refractivity contribution is -0.261. The zero-order valence-corrected chi connectivity index (χ0v) is 12.2. The Morgan fingerprint density at radius 3 is 2.64 bits per heavy atom. The number of halogens is 3. The lowest BCUT2D eigenvalue weighted by Gasteiger charge is -2.46. The molecular weight excluding hydrogens is 297 g/mol. The maximum Gasteiger partial charge on any atom is 0.426 e. The summed E-state index contributed by atoms with van der Waals surface area (Å²) in [5, 5.41) is 13.3. The minimum atomic E-state index is -5.02. The standard InChI is InChI=1S/C15H17F3N2O2/c1-3-13-9(2)14(22,15(16,17)18)12(21)20(13)8-10-6-4-5-7-11(10)19-13/h4-7,9,19,22H,3,8H2,1-2H3/t9-,13+,14+/m0/s1. The van der Waals surface area contributed by atoms with Crippen LogP contribution in [0.5, 0.6) is 0 Å². The maximum atomic E-state index is 13.4. The van der Waals surface area contributed by atoms with Crippen molar-refractivity contribution in [2.45, 2.75) is 44.3 Å². The molecule has 0 bridgehead atoms. The van der Waals surface area contributed by atoms with Gasteiger partial charge in [0.05, 0.1) is 6.54 Å². The highest BCUT2D eigenvalue weighted by Crippen LogP contribution is 2.53. The Balaban J connectivity index is 2.16. The maximum absolute atomic E-state index is 13.4. The summed E-state index contributed by atoms with van der Waals surface area (Å²) < 4.78 is 40.2. The number of anilines is 1. The summed E-state index contributed by atoms with van der Waals surface area (Å²) in [6.07, 6.45) is -4.76. The van der Waals surface area contributed by atoms with Crippen molar-refractivity contribution >= 4 is 11.6 Å². The molecule has 4 nitrogen and oxygen atoms in total. The molecule has 2 heterocycles. The largest absolute Gasteiger partial charge is 0.426 e. The van der Waals surface area contributed by atoms with Crippen molar-refractivity contribution in [2.75, 3.05) is 5.32 Å². The third kappa shape index (κ3) is 1.60. The van der Waals surface area contributed by atoms with Gasteiger partial charge in [-0.05, 0) is 18.1 Å². The number of fused-ring (bicyclic) bond motifs is 2. The highest BCUT2D eigenvalue weighted by molar-refractivity contribution is 5.91. The summed E-state index contributed by atoms with van der Waals surface area (Å²) in [4.78, 5) is 13.5. The first-order chi connectivity index (χ1) is 10.2. The Kier molecular flexibility index (Phi) is 3.01. The molecule has 22 heavy (non-hydrogen) atoms. The van der Waals surface area contributed by atoms with E-state index in [0.29, 0.717) is 5.69 Å². The molecule has 3 rings (SSSR count). The first kappa shape index (κ1) is 15.1. The second-order valence-corrected chi connectivity index (χ2v) is 5.94. The molecule has 1 aromatic rings. The Labute approximate surface area is 125 Å². The summed E-state index contributed by atoms with van der Waals surface area (Å²) in [6, 6.07) is 7.07. The van der Waals surface area contributed by atoms with Gasteiger partial charge in [0.25, 0.3) is 5.91 Å². The van der Waals surface area contributed by atoms with Gasteiger partial charge in [-0.3, -0.25) is 4.79 Å². The van der Waals surface area contributed by atoms with Crippen LogP contribution in [0.3, 0.4) is 0 Å². The summed E-state index contributed by atoms with van der Waals surface area (Å²) in [6.45, 7) is 3.04. The Morgan fingerprint density at radius 2 is 2.05 bits per heavy atom. The number of rotatable bonds is 1. The molecule has 2 aliphatic rings. The molecule has 1 fully saturated rings. The quantitative estimate of drug-likeness (QED) is 0.837. The van der Waals surface area contributed by atoms with Gasteiger partial charge in [0.15, 0.2) is 0 Å². The van der Waals surface area contributed by atoms with Crippen molar-refractivity contribution in [1.82, 2.24) is 4.90 Å². The minimum Gasteiger partial charge on any atom is -0.372 e. The van der Waals surface area contributed by atoms with Crippen molar-refractivity contribution in [2.24, 2.45) is 5.92 Å². The predicted molar refractivity (Wildman–Crippen MR) is 73.8 cm³/mol. The van der Waals surface area contributed by atoms with Gasteiger partial charge >= 0.3 is 6.18 Å². The van der Waals surface area contributed by atoms with Gasteiger partial charge in [-0.15, -0.1) is 0 Å². The fraction of sp³-hybridized carbons (Fsp3) is 0.533. The molecule has 1 saturated heterocycles. The highest BCUT2D eigenvalue weighted by atomic mass is 19.4. The fourth-order valence-corrected chi connectivity index (χ4v) is 3.68. The predicted octanol–water partition coefficient (Wildman–Crippen LogP) is 2.49. The van der Waals surface area contributed by atoms with Gasteiger partial charge in [-0.1, -0.05) is 32.0 Å². The summed E-state index contributed by atoms with van der Waals surface area (Å²) >= 11 is 0. The molecule has 0 spiro atoms. The van der Waals surface area contributed by atoms with Crippen LogP contribution in [0.25, 0.3) is 0 Å². The van der Waals surface area contributed by atoms with Crippen LogP contribution in [-0.2, 0) is 11.3 Å². The topological polar surface area (TPSA) is 52.6 Å². The van der Waals surface area contributed by atoms with Gasteiger partial charge < -0.3 is 15.3 Å². The third-order valence-corrected chi connectivity index (χ3v) is 5.06. The van der Waals surface area contributed by atoms with Crippen molar-refractivity contribution in [1.29, 1.82) is 0 Å². The Hall–Kier alpha value is -1.76. The Bertz CT molecular complexity index is 633. The number of carbonyl (C=O) groups is 1. The average molecular weight is 314 g/mol. The smallest absolute Gasteiger partial charge is 0.372 e. The normalized spacial score (nSPS) is 34.2. The van der Waals surface area contributed by atoms with E-state index in [1.807, 2.05) is 0 Å². The SMILES string of the molecule is CC[C@@]12Nc3ccccc3CN1C(=O)[C@@](O)(C(F)(F)F)[C@H]2C. The molecule has 0 radical (unpaired) electrons. The van der Waals surface area contributed by atoms with Crippen LogP contribution in [0, 0.1) is 5.92 Å². The van der Waals surface area contributed by atoms with Crippen LogP contribution < -0.4 is 5.32 Å². The van der Waals surface area contributed by atoms with E-state index < -0.39 is 29.3 Å². The molecule has 1 amide bonds. The number of amides is 1. The van der Waals surface area contributed by atoms with Crippen LogP contribution in [0.15, 0.2) is 24.3 Å². The molecule has 2 aliphatic heterocycles. The summed E-state index contributed by atoms with van der Waals surface area (Å²) in [5.74, 6) is -2.61. The number of carbonyl (C=O) groups excluding carboxylic acids is 1. The summed E-state index contributed by atoms with van der Waals surface area (Å²) in [7, 11) is 0. The van der Waals surface area contributed by atoms with Crippen LogP contribution in [0.2, 0.25) is 0 Å². The summed E-state index contributed by atoms with van der Waals surface area (Å²) in [5.41, 5.74) is -3.17. The molecule has 0 unspecified atom stereocenters. The first-order valence-electron chi connectivity index (χ1n) is 7.15. The zero-order valence-electron chi connectivity index (χ0n) is 12.2. The zero-order chi connectivity index (χ0) is 16.3. The number of alkyl halides is 3. The number of nitrogens with zero attached hydrogens (tertiary/aromatic N) is 1. The molecule has 7 heteroatoms. The number of nitrogens with one attached hydrogen (secondary N) is 1. The number of benzene rings is 1. The van der Waals surface area contributed by atoms with Gasteiger partial charge in [0, 0.05) is 11.6 Å². The van der Waals surface area contributed by atoms with E-state index in [-0.39, 0.29) is 13.0 Å². The van der Waals surface area contributed by atoms with E-state index in [9.17, 15) is 23.1 Å². The van der Waals surface area contributed by atoms with Crippen molar-refractivity contribution < 1.29 is 23.1 Å². The molecule has 0 aromatic heterocycles. The number of aliphatic hydroxyl groups is 1. The number of para-hydroxylation sites is 1. The van der Waals surface area contributed by atoms with Crippen LogP contribution >= 0.6 is 0 Å². The van der Waals surface area contributed by atoms with Gasteiger partial charge in [-0.2, -0.15) is 13.2 Å². The molecular formula is C15H17F3N2O2. The molecule has 1 aromatic carbocycles. The number of hydrogen-bond donors (Lipinski definition) is 2. The highest BCUT2D eigenvalue weighted by Gasteiger charge is 2.75. The second-order valence-electron chi connectivity index (χ2n) is 5.94. The van der Waals surface area contributed by atoms with E-state index in [0.717, 1.165) is 10.5 Å². The van der Waals surface area contributed by atoms with E-state index in [1.54, 1.807) is 31.2 Å². The molecule has 2 N–H and O–H groups in total. The first-order valence-corrected chi connectivity index (χ1v) is 7.15. The molecule has 3 atom stereocenters. The lowest BCUT2D eigenvalue weighted by Crippen LogP contribution is -2.57. The van der Waals surface area contributed by atoms with E-state index in [2.05, 4.69) is 5.32 Å². The molecule has 0 saturated carbocycles. The van der Waals surface area contributed by atoms with Gasteiger partial charge in [0.1, 0.15) is 5.66 Å². The fourth-order valence-electron chi connectivity index (χ4n) is 3.68. The van der Waals surface area contributed by atoms with Crippen molar-refractivity contribution in [3.63, 3.8) is 0 Å². The second kappa shape index (κ2) is 4.38. The van der Waals surface area contributed by atoms with Crippen molar-refractivity contribution in [3.8, 4) is 0 Å². The third-order valence-electron chi connectivity index (χ3n) is 5.06. The number of hydrogen-bond acceptors (Lipinski definition) is 3. The van der Waals surface area contributed by atoms with Gasteiger partial charge in [0.2, 0.25) is 5.60 Å².